The van der Waals surface area contributed by atoms with Gasteiger partial charge in [0.15, 0.2) is 0 Å². The number of hydrogen-bond donors (Lipinski definition) is 2. The number of rotatable bonds is 4. The van der Waals surface area contributed by atoms with Gasteiger partial charge in [0.2, 0.25) is 0 Å². The molecule has 1 aromatic carbocycles. The van der Waals surface area contributed by atoms with Crippen LogP contribution in [0.2, 0.25) is 0 Å². The zero-order valence-electron chi connectivity index (χ0n) is 10.5. The van der Waals surface area contributed by atoms with Crippen molar-refractivity contribution in [1.82, 2.24) is 5.32 Å². The quantitative estimate of drug-likeness (QED) is 0.658. The second kappa shape index (κ2) is 6.45. The molecule has 104 valence electrons. The van der Waals surface area contributed by atoms with Crippen LogP contribution in [0.1, 0.15) is 31.2 Å². The molecule has 2 rings (SSSR count). The number of nitrogens with one attached hydrogen (secondary N) is 1. The van der Waals surface area contributed by atoms with E-state index in [1.165, 1.54) is 12.1 Å². The highest BCUT2D eigenvalue weighted by Gasteiger charge is 2.22. The first-order valence-electron chi connectivity index (χ1n) is 6.42. The summed E-state index contributed by atoms with van der Waals surface area (Å²) in [5.41, 5.74) is 1.04. The molecule has 0 bridgehead atoms. The van der Waals surface area contributed by atoms with Gasteiger partial charge in [-0.1, -0.05) is 28.8 Å². The normalized spacial score (nSPS) is 23.3. The summed E-state index contributed by atoms with van der Waals surface area (Å²) in [6.07, 6.45) is 3.76. The summed E-state index contributed by atoms with van der Waals surface area (Å²) in [6.45, 7) is 0.598. The first-order chi connectivity index (χ1) is 9.08. The summed E-state index contributed by atoms with van der Waals surface area (Å²) in [6, 6.07) is 4.87. The Hall–Kier alpha value is -0.980. The van der Waals surface area contributed by atoms with Crippen molar-refractivity contribution < 1.29 is 10.0 Å². The minimum Gasteiger partial charge on any atom is -0.392 e. The Kier molecular flexibility index (Phi) is 4.90. The Morgan fingerprint density at radius 3 is 2.79 bits per heavy atom. The summed E-state index contributed by atoms with van der Waals surface area (Å²) in [5, 5.41) is 23.8. The molecular weight excluding hydrogens is 312 g/mol. The van der Waals surface area contributed by atoms with Crippen molar-refractivity contribution in [2.24, 2.45) is 0 Å². The fourth-order valence-electron chi connectivity index (χ4n) is 2.38. The van der Waals surface area contributed by atoms with Crippen LogP contribution in [0.25, 0.3) is 0 Å². The van der Waals surface area contributed by atoms with Gasteiger partial charge in [0.25, 0.3) is 5.69 Å². The summed E-state index contributed by atoms with van der Waals surface area (Å²) >= 11 is 3.35. The van der Waals surface area contributed by atoms with Gasteiger partial charge in [-0.05, 0) is 24.5 Å². The van der Waals surface area contributed by atoms with Gasteiger partial charge in [-0.25, -0.2) is 0 Å². The van der Waals surface area contributed by atoms with E-state index in [2.05, 4.69) is 21.2 Å². The predicted molar refractivity (Wildman–Crippen MR) is 75.9 cm³/mol. The molecule has 0 heterocycles. The van der Waals surface area contributed by atoms with Crippen LogP contribution in [0.3, 0.4) is 0 Å². The van der Waals surface area contributed by atoms with Gasteiger partial charge in [0, 0.05) is 29.2 Å². The molecule has 0 radical (unpaired) electrons. The largest absolute Gasteiger partial charge is 0.392 e. The zero-order chi connectivity index (χ0) is 13.8. The molecule has 0 aliphatic heterocycles. The van der Waals surface area contributed by atoms with E-state index in [0.717, 1.165) is 35.7 Å². The van der Waals surface area contributed by atoms with E-state index < -0.39 is 4.92 Å². The van der Waals surface area contributed by atoms with Crippen molar-refractivity contribution in [3.05, 3.63) is 38.3 Å². The van der Waals surface area contributed by atoms with Crippen LogP contribution in [0.4, 0.5) is 5.69 Å². The highest BCUT2D eigenvalue weighted by Crippen LogP contribution is 2.24. The minimum atomic E-state index is -0.410. The topological polar surface area (TPSA) is 75.4 Å². The number of non-ortho nitro benzene ring substituents is 1. The molecule has 2 atom stereocenters. The molecule has 0 amide bonds. The van der Waals surface area contributed by atoms with Gasteiger partial charge in [-0.2, -0.15) is 0 Å². The standard InChI is InChI=1S/C13H17BrN2O3/c14-11-7-10(16(18)19)6-5-9(11)8-15-12-3-1-2-4-13(12)17/h5-7,12-13,15,17H,1-4,8H2. The Bertz CT molecular complexity index is 467. The third kappa shape index (κ3) is 3.75. The van der Waals surface area contributed by atoms with Crippen LogP contribution in [-0.2, 0) is 6.54 Å². The van der Waals surface area contributed by atoms with Crippen LogP contribution in [-0.4, -0.2) is 22.2 Å². The first-order valence-corrected chi connectivity index (χ1v) is 7.21. The lowest BCUT2D eigenvalue weighted by Gasteiger charge is -2.28. The molecular formula is C13H17BrN2O3. The van der Waals surface area contributed by atoms with Crippen molar-refractivity contribution in [3.8, 4) is 0 Å². The molecule has 19 heavy (non-hydrogen) atoms. The molecule has 0 saturated heterocycles. The Balaban J connectivity index is 1.97. The fraction of sp³-hybridized carbons (Fsp3) is 0.538. The van der Waals surface area contributed by atoms with E-state index in [9.17, 15) is 15.2 Å². The van der Waals surface area contributed by atoms with Gasteiger partial charge in [0.1, 0.15) is 0 Å². The molecule has 5 nitrogen and oxygen atoms in total. The monoisotopic (exact) mass is 328 g/mol. The summed E-state index contributed by atoms with van der Waals surface area (Å²) in [5.74, 6) is 0. The van der Waals surface area contributed by atoms with Crippen LogP contribution < -0.4 is 5.32 Å². The highest BCUT2D eigenvalue weighted by atomic mass is 79.9. The van der Waals surface area contributed by atoms with Gasteiger partial charge in [-0.3, -0.25) is 10.1 Å². The van der Waals surface area contributed by atoms with Crippen LogP contribution in [0.15, 0.2) is 22.7 Å². The molecule has 2 unspecified atom stereocenters. The number of aliphatic hydroxyl groups is 1. The van der Waals surface area contributed by atoms with Crippen molar-refractivity contribution in [2.75, 3.05) is 0 Å². The molecule has 1 fully saturated rings. The molecule has 1 aromatic rings. The van der Waals surface area contributed by atoms with Gasteiger partial charge in [0.05, 0.1) is 11.0 Å². The SMILES string of the molecule is O=[N+]([O-])c1ccc(CNC2CCCCC2O)c(Br)c1. The average Bonchev–Trinajstić information content (AvgIpc) is 2.39. The Morgan fingerprint density at radius 1 is 1.42 bits per heavy atom. The maximum Gasteiger partial charge on any atom is 0.270 e. The second-order valence-corrected chi connectivity index (χ2v) is 5.73. The molecule has 6 heteroatoms. The number of benzene rings is 1. The number of hydrogen-bond acceptors (Lipinski definition) is 4. The van der Waals surface area contributed by atoms with Gasteiger partial charge < -0.3 is 10.4 Å². The Labute approximate surface area is 120 Å². The minimum absolute atomic E-state index is 0.0772. The van der Waals surface area contributed by atoms with Crippen molar-refractivity contribution in [3.63, 3.8) is 0 Å². The number of nitro groups is 1. The van der Waals surface area contributed by atoms with Crippen molar-refractivity contribution in [2.45, 2.75) is 44.4 Å². The molecule has 1 aliphatic rings. The second-order valence-electron chi connectivity index (χ2n) is 4.87. The average molecular weight is 329 g/mol. The van der Waals surface area contributed by atoms with E-state index in [1.807, 2.05) is 0 Å². The van der Waals surface area contributed by atoms with Gasteiger partial charge in [-0.15, -0.1) is 0 Å². The number of nitrogens with zero attached hydrogens (tertiary/aromatic N) is 1. The number of halogens is 1. The van der Waals surface area contributed by atoms with Crippen LogP contribution in [0, 0.1) is 10.1 Å². The summed E-state index contributed by atoms with van der Waals surface area (Å²) < 4.78 is 0.722. The van der Waals surface area contributed by atoms with E-state index in [4.69, 9.17) is 0 Å². The lowest BCUT2D eigenvalue weighted by Crippen LogP contribution is -2.41. The predicted octanol–water partition coefficient (Wildman–Crippen LogP) is 2.75. The molecule has 2 N–H and O–H groups in total. The van der Waals surface area contributed by atoms with Gasteiger partial charge >= 0.3 is 0 Å². The Morgan fingerprint density at radius 2 is 2.16 bits per heavy atom. The zero-order valence-corrected chi connectivity index (χ0v) is 12.1. The smallest absolute Gasteiger partial charge is 0.270 e. The van der Waals surface area contributed by atoms with E-state index in [1.54, 1.807) is 6.07 Å². The van der Waals surface area contributed by atoms with Crippen molar-refractivity contribution in [1.29, 1.82) is 0 Å². The molecule has 1 aliphatic carbocycles. The number of nitro benzene ring substituents is 1. The van der Waals surface area contributed by atoms with Crippen LogP contribution in [0.5, 0.6) is 0 Å². The number of aliphatic hydroxyl groups excluding tert-OH is 1. The third-order valence-corrected chi connectivity index (χ3v) is 4.27. The van der Waals surface area contributed by atoms with Crippen LogP contribution >= 0.6 is 15.9 Å². The van der Waals surface area contributed by atoms with Crippen molar-refractivity contribution >= 4 is 21.6 Å². The first kappa shape index (κ1) is 14.4. The highest BCUT2D eigenvalue weighted by molar-refractivity contribution is 9.10. The molecule has 1 saturated carbocycles. The molecule has 0 aromatic heterocycles. The molecule has 0 spiro atoms. The van der Waals surface area contributed by atoms with E-state index in [0.29, 0.717) is 6.54 Å². The fourth-order valence-corrected chi connectivity index (χ4v) is 2.89. The summed E-state index contributed by atoms with van der Waals surface area (Å²) in [4.78, 5) is 10.2. The third-order valence-electron chi connectivity index (χ3n) is 3.53. The maximum atomic E-state index is 10.6. The maximum absolute atomic E-state index is 10.6. The van der Waals surface area contributed by atoms with E-state index in [-0.39, 0.29) is 17.8 Å². The lowest BCUT2D eigenvalue weighted by atomic mass is 9.92. The summed E-state index contributed by atoms with van der Waals surface area (Å²) in [7, 11) is 0. The van der Waals surface area contributed by atoms with E-state index >= 15 is 0 Å². The lowest BCUT2D eigenvalue weighted by molar-refractivity contribution is -0.384.